The summed E-state index contributed by atoms with van der Waals surface area (Å²) < 4.78 is 0. The number of unbranched alkanes of at least 4 members (excludes halogenated alkanes) is 12. The Hall–Kier alpha value is -1.79. The lowest BCUT2D eigenvalue weighted by molar-refractivity contribution is -0.122. The van der Waals surface area contributed by atoms with Gasteiger partial charge in [-0.05, 0) is 38.2 Å². The molecule has 1 heterocycles. The van der Waals surface area contributed by atoms with Gasteiger partial charge >= 0.3 is 0 Å². The van der Waals surface area contributed by atoms with Crippen molar-refractivity contribution in [1.29, 1.82) is 0 Å². The van der Waals surface area contributed by atoms with E-state index in [1.54, 1.807) is 11.8 Å². The summed E-state index contributed by atoms with van der Waals surface area (Å²) in [7, 11) is 0. The van der Waals surface area contributed by atoms with Gasteiger partial charge in [0.1, 0.15) is 0 Å². The van der Waals surface area contributed by atoms with E-state index in [0.717, 1.165) is 30.0 Å². The number of rotatable bonds is 19. The summed E-state index contributed by atoms with van der Waals surface area (Å²) in [4.78, 5) is 24.1. The molecule has 0 aromatic heterocycles. The van der Waals surface area contributed by atoms with Crippen LogP contribution in [-0.2, 0) is 9.59 Å². The second-order valence-corrected chi connectivity index (χ2v) is 11.1. The number of amides is 2. The Morgan fingerprint density at radius 3 is 2.19 bits per heavy atom. The van der Waals surface area contributed by atoms with E-state index in [4.69, 9.17) is 0 Å². The van der Waals surface area contributed by atoms with Crippen LogP contribution in [0, 0.1) is 0 Å². The Morgan fingerprint density at radius 2 is 1.53 bits per heavy atom. The fourth-order valence-electron chi connectivity index (χ4n) is 4.54. The molecular weight excluding hydrogens is 466 g/mol. The van der Waals surface area contributed by atoms with Gasteiger partial charge in [-0.1, -0.05) is 95.1 Å². The molecule has 1 aliphatic heterocycles. The molecule has 0 spiro atoms. The number of carbonyl (C=O) groups excluding carboxylic acids is 2. The summed E-state index contributed by atoms with van der Waals surface area (Å²) in [6, 6.07) is 7.58. The SMILES string of the molecule is CCCCCCCCC/C=C\CCCCCCCNC(=O)[C@@H]1CSC(c2ccccc2NC(C)=O)N1. The molecule has 202 valence electrons. The van der Waals surface area contributed by atoms with Crippen molar-refractivity contribution in [3.05, 3.63) is 42.0 Å². The van der Waals surface area contributed by atoms with Gasteiger partial charge in [-0.15, -0.1) is 11.8 Å². The van der Waals surface area contributed by atoms with Gasteiger partial charge in [0.15, 0.2) is 0 Å². The van der Waals surface area contributed by atoms with Crippen molar-refractivity contribution >= 4 is 29.3 Å². The molecule has 2 rings (SSSR count). The van der Waals surface area contributed by atoms with Crippen molar-refractivity contribution in [3.63, 3.8) is 0 Å². The second-order valence-electron chi connectivity index (χ2n) is 9.93. The summed E-state index contributed by atoms with van der Waals surface area (Å²) in [6.07, 6.45) is 22.8. The van der Waals surface area contributed by atoms with Crippen molar-refractivity contribution in [1.82, 2.24) is 10.6 Å². The Kier molecular flexibility index (Phi) is 16.3. The van der Waals surface area contributed by atoms with Gasteiger partial charge in [0, 0.05) is 30.5 Å². The lowest BCUT2D eigenvalue weighted by Crippen LogP contribution is -2.42. The molecule has 1 aliphatic rings. The maximum absolute atomic E-state index is 12.6. The third-order valence-electron chi connectivity index (χ3n) is 6.64. The number of para-hydroxylation sites is 1. The second kappa shape index (κ2) is 19.3. The highest BCUT2D eigenvalue weighted by atomic mass is 32.2. The van der Waals surface area contributed by atoms with Gasteiger partial charge in [0.05, 0.1) is 11.4 Å². The first-order chi connectivity index (χ1) is 17.6. The van der Waals surface area contributed by atoms with E-state index < -0.39 is 0 Å². The molecule has 1 aromatic rings. The first-order valence-electron chi connectivity index (χ1n) is 14.3. The van der Waals surface area contributed by atoms with Crippen molar-refractivity contribution in [3.8, 4) is 0 Å². The van der Waals surface area contributed by atoms with Crippen molar-refractivity contribution in [2.45, 2.75) is 115 Å². The molecule has 0 radical (unpaired) electrons. The van der Waals surface area contributed by atoms with E-state index in [1.807, 2.05) is 24.3 Å². The van der Waals surface area contributed by atoms with Crippen LogP contribution >= 0.6 is 11.8 Å². The fraction of sp³-hybridized carbons (Fsp3) is 0.667. The third kappa shape index (κ3) is 13.0. The molecule has 1 saturated heterocycles. The minimum atomic E-state index is -0.196. The number of carbonyl (C=O) groups is 2. The zero-order valence-electron chi connectivity index (χ0n) is 22.7. The predicted octanol–water partition coefficient (Wildman–Crippen LogP) is 7.50. The van der Waals surface area contributed by atoms with E-state index in [2.05, 4.69) is 35.0 Å². The summed E-state index contributed by atoms with van der Waals surface area (Å²) >= 11 is 1.71. The van der Waals surface area contributed by atoms with Gasteiger partial charge < -0.3 is 10.6 Å². The molecule has 36 heavy (non-hydrogen) atoms. The Labute approximate surface area is 224 Å². The average molecular weight is 516 g/mol. The average Bonchev–Trinajstić information content (AvgIpc) is 3.36. The Morgan fingerprint density at radius 1 is 0.917 bits per heavy atom. The molecule has 5 nitrogen and oxygen atoms in total. The number of hydrogen-bond donors (Lipinski definition) is 3. The first kappa shape index (κ1) is 30.4. The summed E-state index contributed by atoms with van der Waals surface area (Å²) in [5, 5.41) is 9.41. The first-order valence-corrected chi connectivity index (χ1v) is 15.3. The number of thioether (sulfide) groups is 1. The maximum Gasteiger partial charge on any atom is 0.238 e. The van der Waals surface area contributed by atoms with Gasteiger partial charge in [-0.25, -0.2) is 0 Å². The quantitative estimate of drug-likeness (QED) is 0.132. The van der Waals surface area contributed by atoms with Crippen LogP contribution in [0.2, 0.25) is 0 Å². The monoisotopic (exact) mass is 515 g/mol. The van der Waals surface area contributed by atoms with Crippen LogP contribution in [0.4, 0.5) is 5.69 Å². The van der Waals surface area contributed by atoms with Gasteiger partial charge in [0.25, 0.3) is 0 Å². The smallest absolute Gasteiger partial charge is 0.238 e. The topological polar surface area (TPSA) is 70.2 Å². The molecule has 0 bridgehead atoms. The number of benzene rings is 1. The Balaban J connectivity index is 1.45. The minimum absolute atomic E-state index is 0.00778. The van der Waals surface area contributed by atoms with Crippen molar-refractivity contribution in [2.75, 3.05) is 17.6 Å². The van der Waals surface area contributed by atoms with Crippen LogP contribution in [0.15, 0.2) is 36.4 Å². The van der Waals surface area contributed by atoms with Gasteiger partial charge in [-0.2, -0.15) is 0 Å². The highest BCUT2D eigenvalue weighted by molar-refractivity contribution is 7.99. The number of nitrogens with one attached hydrogen (secondary N) is 3. The predicted molar refractivity (Wildman–Crippen MR) is 155 cm³/mol. The molecule has 6 heteroatoms. The number of anilines is 1. The van der Waals surface area contributed by atoms with Crippen LogP contribution in [0.5, 0.6) is 0 Å². The molecule has 3 N–H and O–H groups in total. The van der Waals surface area contributed by atoms with Crippen molar-refractivity contribution in [2.24, 2.45) is 0 Å². The normalized spacial score (nSPS) is 17.5. The lowest BCUT2D eigenvalue weighted by Gasteiger charge is -2.17. The largest absolute Gasteiger partial charge is 0.355 e. The molecule has 1 unspecified atom stereocenters. The lowest BCUT2D eigenvalue weighted by atomic mass is 10.1. The molecule has 0 saturated carbocycles. The van der Waals surface area contributed by atoms with Crippen molar-refractivity contribution < 1.29 is 9.59 Å². The zero-order valence-corrected chi connectivity index (χ0v) is 23.5. The number of hydrogen-bond acceptors (Lipinski definition) is 4. The third-order valence-corrected chi connectivity index (χ3v) is 7.89. The molecular formula is C30H49N3O2S. The van der Waals surface area contributed by atoms with Crippen LogP contribution in [0.3, 0.4) is 0 Å². The van der Waals surface area contributed by atoms with Crippen LogP contribution in [0.1, 0.15) is 115 Å². The van der Waals surface area contributed by atoms with E-state index in [9.17, 15) is 9.59 Å². The van der Waals surface area contributed by atoms with Gasteiger partial charge in [-0.3, -0.25) is 14.9 Å². The highest BCUT2D eigenvalue weighted by Crippen LogP contribution is 2.36. The standard InChI is InChI=1S/C30H49N3O2S/c1-3-4-5-6-7-8-9-10-11-12-13-14-15-16-17-20-23-31-29(35)28-24-36-30(33-28)26-21-18-19-22-27(26)32-25(2)34/h11-12,18-19,21-22,28,30,33H,3-10,13-17,20,23-24H2,1-2H3,(H,31,35)(H,32,34)/b12-11-/t28-,30?/m0/s1. The summed E-state index contributed by atoms with van der Waals surface area (Å²) in [5.74, 6) is 0.723. The summed E-state index contributed by atoms with van der Waals surface area (Å²) in [6.45, 7) is 4.53. The highest BCUT2D eigenvalue weighted by Gasteiger charge is 2.31. The molecule has 1 aromatic carbocycles. The van der Waals surface area contributed by atoms with E-state index in [0.29, 0.717) is 0 Å². The fourth-order valence-corrected chi connectivity index (χ4v) is 5.82. The van der Waals surface area contributed by atoms with Crippen LogP contribution < -0.4 is 16.0 Å². The van der Waals surface area contributed by atoms with E-state index in [-0.39, 0.29) is 23.2 Å². The Bertz CT molecular complexity index is 783. The van der Waals surface area contributed by atoms with Crippen LogP contribution in [-0.4, -0.2) is 30.2 Å². The van der Waals surface area contributed by atoms with E-state index in [1.165, 1.54) is 90.4 Å². The zero-order chi connectivity index (χ0) is 25.8. The van der Waals surface area contributed by atoms with Gasteiger partial charge in [0.2, 0.25) is 11.8 Å². The molecule has 0 aliphatic carbocycles. The maximum atomic E-state index is 12.6. The molecule has 2 amide bonds. The molecule has 2 atom stereocenters. The van der Waals surface area contributed by atoms with E-state index >= 15 is 0 Å². The van der Waals surface area contributed by atoms with Crippen LogP contribution in [0.25, 0.3) is 0 Å². The summed E-state index contributed by atoms with van der Waals surface area (Å²) in [5.41, 5.74) is 1.82. The minimum Gasteiger partial charge on any atom is -0.355 e. The molecule has 1 fully saturated rings. The number of allylic oxidation sites excluding steroid dienone is 2.